The molecule has 0 amide bonds. The van der Waals surface area contributed by atoms with Gasteiger partial charge in [-0.1, -0.05) is 36.4 Å². The fourth-order valence-corrected chi connectivity index (χ4v) is 3.45. The predicted octanol–water partition coefficient (Wildman–Crippen LogP) is 3.88. The first-order valence-corrected chi connectivity index (χ1v) is 10.5. The van der Waals surface area contributed by atoms with Crippen molar-refractivity contribution in [3.05, 3.63) is 94.5 Å². The van der Waals surface area contributed by atoms with E-state index >= 15 is 0 Å². The molecule has 2 aromatic carbocycles. The van der Waals surface area contributed by atoms with E-state index in [2.05, 4.69) is 21.9 Å². The second-order valence-electron chi connectivity index (χ2n) is 7.09. The second-order valence-corrected chi connectivity index (χ2v) is 7.49. The Morgan fingerprint density at radius 3 is 2.69 bits per heavy atom. The van der Waals surface area contributed by atoms with Crippen LogP contribution in [0.2, 0.25) is 5.02 Å². The van der Waals surface area contributed by atoms with Crippen LogP contribution in [0.1, 0.15) is 24.0 Å². The zero-order valence-electron chi connectivity index (χ0n) is 17.5. The summed E-state index contributed by atoms with van der Waals surface area (Å²) in [7, 11) is 0. The summed E-state index contributed by atoms with van der Waals surface area (Å²) in [6.45, 7) is 5.23. The Morgan fingerprint density at radius 1 is 1.22 bits per heavy atom. The third kappa shape index (κ3) is 5.52. The Kier molecular flexibility index (Phi) is 7.97. The van der Waals surface area contributed by atoms with Crippen LogP contribution in [0.4, 0.5) is 8.78 Å². The number of nitrogens with one attached hydrogen (secondary N) is 1. The molecule has 1 aliphatic rings. The van der Waals surface area contributed by atoms with Gasteiger partial charge in [0, 0.05) is 30.4 Å². The van der Waals surface area contributed by atoms with E-state index in [0.717, 1.165) is 12.8 Å². The van der Waals surface area contributed by atoms with Gasteiger partial charge in [0.2, 0.25) is 0 Å². The monoisotopic (exact) mass is 458 g/mol. The van der Waals surface area contributed by atoms with Gasteiger partial charge in [0.1, 0.15) is 29.0 Å². The van der Waals surface area contributed by atoms with E-state index < -0.39 is 5.82 Å². The Bertz CT molecular complexity index is 1080. The Labute approximate surface area is 191 Å². The van der Waals surface area contributed by atoms with Crippen LogP contribution < -0.4 is 16.8 Å². The molecule has 6 nitrogen and oxygen atoms in total. The summed E-state index contributed by atoms with van der Waals surface area (Å²) in [5.74, 6) is 0.522. The van der Waals surface area contributed by atoms with Gasteiger partial charge in [-0.2, -0.15) is 0 Å². The zero-order valence-corrected chi connectivity index (χ0v) is 18.2. The molecule has 2 aromatic rings. The number of unbranched alkanes of at least 4 members (excludes halogenated alkanes) is 1. The number of hydrogen-bond donors (Lipinski definition) is 3. The van der Waals surface area contributed by atoms with Gasteiger partial charge in [-0.15, -0.1) is 0 Å². The molecule has 0 aliphatic carbocycles. The van der Waals surface area contributed by atoms with E-state index in [9.17, 15) is 8.78 Å². The number of halogens is 3. The van der Waals surface area contributed by atoms with Crippen molar-refractivity contribution < 1.29 is 8.78 Å². The van der Waals surface area contributed by atoms with Gasteiger partial charge in [-0.05, 0) is 43.7 Å². The van der Waals surface area contributed by atoms with E-state index in [4.69, 9.17) is 23.1 Å². The SMILES string of the molecule is C=C(/N=C1\C(=C/N)N=C(c2ccc(F)cc2Cl)N1CCCCN)NCc1ccccc1F. The number of aliphatic imine (C=N–C) groups is 2. The van der Waals surface area contributed by atoms with Gasteiger partial charge < -0.3 is 21.7 Å². The van der Waals surface area contributed by atoms with Gasteiger partial charge in [0.25, 0.3) is 0 Å². The molecule has 3 rings (SSSR count). The molecule has 1 heterocycles. The normalized spacial score (nSPS) is 16.0. The molecular formula is C23H25ClF2N6. The largest absolute Gasteiger partial charge is 0.403 e. The minimum atomic E-state index is -0.443. The molecule has 32 heavy (non-hydrogen) atoms. The smallest absolute Gasteiger partial charge is 0.164 e. The predicted molar refractivity (Wildman–Crippen MR) is 125 cm³/mol. The molecule has 168 valence electrons. The van der Waals surface area contributed by atoms with Gasteiger partial charge in [0.15, 0.2) is 5.84 Å². The number of rotatable bonds is 9. The molecule has 0 bridgehead atoms. The second kappa shape index (κ2) is 10.9. The molecule has 0 saturated heterocycles. The molecule has 0 saturated carbocycles. The van der Waals surface area contributed by atoms with Crippen molar-refractivity contribution in [1.82, 2.24) is 10.2 Å². The summed E-state index contributed by atoms with van der Waals surface area (Å²) >= 11 is 6.29. The topological polar surface area (TPSA) is 92.0 Å². The highest BCUT2D eigenvalue weighted by Crippen LogP contribution is 2.27. The Balaban J connectivity index is 1.88. The number of nitrogens with two attached hydrogens (primary N) is 2. The Morgan fingerprint density at radius 2 is 2.00 bits per heavy atom. The fourth-order valence-electron chi connectivity index (χ4n) is 3.20. The summed E-state index contributed by atoms with van der Waals surface area (Å²) < 4.78 is 27.5. The molecule has 1 aliphatic heterocycles. The fraction of sp³-hybridized carbons (Fsp3) is 0.217. The molecule has 0 spiro atoms. The first-order valence-electron chi connectivity index (χ1n) is 10.1. The molecule has 9 heteroatoms. The van der Waals surface area contributed by atoms with Crippen LogP contribution in [0.3, 0.4) is 0 Å². The molecule has 0 fully saturated rings. The lowest BCUT2D eigenvalue weighted by Crippen LogP contribution is -2.35. The summed E-state index contributed by atoms with van der Waals surface area (Å²) in [4.78, 5) is 11.0. The van der Waals surface area contributed by atoms with Crippen LogP contribution in [-0.4, -0.2) is 29.7 Å². The van der Waals surface area contributed by atoms with E-state index in [1.165, 1.54) is 24.4 Å². The number of nitrogens with zero attached hydrogens (tertiary/aromatic N) is 3. The van der Waals surface area contributed by atoms with Crippen LogP contribution in [0.5, 0.6) is 0 Å². The van der Waals surface area contributed by atoms with Crippen molar-refractivity contribution in [3.63, 3.8) is 0 Å². The maximum absolute atomic E-state index is 13.9. The van der Waals surface area contributed by atoms with Crippen molar-refractivity contribution in [2.45, 2.75) is 19.4 Å². The summed E-state index contributed by atoms with van der Waals surface area (Å²) in [5.41, 5.74) is 12.9. The van der Waals surface area contributed by atoms with Crippen LogP contribution in [0.15, 0.2) is 76.7 Å². The maximum Gasteiger partial charge on any atom is 0.164 e. The third-order valence-electron chi connectivity index (χ3n) is 4.81. The lowest BCUT2D eigenvalue weighted by Gasteiger charge is -2.22. The lowest BCUT2D eigenvalue weighted by molar-refractivity contribution is 0.566. The number of hydrogen-bond acceptors (Lipinski definition) is 5. The summed E-state index contributed by atoms with van der Waals surface area (Å²) in [5, 5.41) is 3.23. The molecular weight excluding hydrogens is 434 g/mol. The lowest BCUT2D eigenvalue weighted by atomic mass is 10.1. The number of amidine groups is 2. The summed E-state index contributed by atoms with van der Waals surface area (Å²) in [6.07, 6.45) is 2.89. The average Bonchev–Trinajstić information content (AvgIpc) is 3.10. The van der Waals surface area contributed by atoms with Crippen molar-refractivity contribution in [2.75, 3.05) is 13.1 Å². The maximum atomic E-state index is 13.9. The minimum Gasteiger partial charge on any atom is -0.403 e. The molecule has 0 aromatic heterocycles. The van der Waals surface area contributed by atoms with E-state index in [1.54, 1.807) is 24.3 Å². The third-order valence-corrected chi connectivity index (χ3v) is 5.13. The van der Waals surface area contributed by atoms with E-state index in [0.29, 0.717) is 47.4 Å². The average molecular weight is 459 g/mol. The van der Waals surface area contributed by atoms with Crippen LogP contribution in [0.25, 0.3) is 0 Å². The first-order chi connectivity index (χ1) is 15.4. The van der Waals surface area contributed by atoms with Crippen molar-refractivity contribution >= 4 is 23.3 Å². The van der Waals surface area contributed by atoms with Gasteiger partial charge in [-0.25, -0.2) is 18.8 Å². The molecule has 0 unspecified atom stereocenters. The van der Waals surface area contributed by atoms with Crippen LogP contribution in [0, 0.1) is 11.6 Å². The van der Waals surface area contributed by atoms with Crippen LogP contribution >= 0.6 is 11.6 Å². The Hall–Kier alpha value is -3.23. The minimum absolute atomic E-state index is 0.217. The van der Waals surface area contributed by atoms with Crippen molar-refractivity contribution in [1.29, 1.82) is 0 Å². The quantitative estimate of drug-likeness (QED) is 0.497. The highest BCUT2D eigenvalue weighted by molar-refractivity contribution is 6.35. The molecule has 5 N–H and O–H groups in total. The number of benzene rings is 2. The highest BCUT2D eigenvalue weighted by atomic mass is 35.5. The molecule has 0 radical (unpaired) electrons. The van der Waals surface area contributed by atoms with Crippen molar-refractivity contribution in [3.8, 4) is 0 Å². The van der Waals surface area contributed by atoms with Gasteiger partial charge in [0.05, 0.1) is 5.02 Å². The first kappa shape index (κ1) is 23.4. The van der Waals surface area contributed by atoms with E-state index in [-0.39, 0.29) is 17.4 Å². The van der Waals surface area contributed by atoms with E-state index in [1.807, 2.05) is 4.90 Å². The highest BCUT2D eigenvalue weighted by Gasteiger charge is 2.30. The standard InChI is InChI=1S/C23H25ClF2N6/c1-15(29-14-16-6-2-3-7-20(16)26)30-23-21(13-28)31-22(32(23)11-5-4-10-27)18-9-8-17(25)12-19(18)24/h2-3,6-9,12-13,29H,1,4-5,10-11,14,27-28H2/b21-13+,30-23+. The van der Waals surface area contributed by atoms with Crippen molar-refractivity contribution in [2.24, 2.45) is 21.5 Å². The van der Waals surface area contributed by atoms with Crippen LogP contribution in [-0.2, 0) is 6.54 Å². The van der Waals surface area contributed by atoms with Gasteiger partial charge in [-0.3, -0.25) is 0 Å². The van der Waals surface area contributed by atoms with Gasteiger partial charge >= 0.3 is 0 Å². The zero-order chi connectivity index (χ0) is 23.1. The summed E-state index contributed by atoms with van der Waals surface area (Å²) in [6, 6.07) is 10.6. The molecule has 0 atom stereocenters.